The molecular formula is C7H16O3S. The van der Waals surface area contributed by atoms with Crippen LogP contribution in [0.3, 0.4) is 0 Å². The standard InChI is InChI=1S/C7H16O3S/c1-5(11(9)10)6(8)7(2,3)4/h5-6,8H,1-4H3,(H,9,10)/t5-,6+/m0/s1. The molecule has 0 heterocycles. The van der Waals surface area contributed by atoms with Gasteiger partial charge in [0.05, 0.1) is 11.4 Å². The first kappa shape index (κ1) is 11.1. The van der Waals surface area contributed by atoms with E-state index in [0.717, 1.165) is 0 Å². The predicted molar refractivity (Wildman–Crippen MR) is 45.7 cm³/mol. The molecule has 0 bridgehead atoms. The van der Waals surface area contributed by atoms with Crippen LogP contribution in [0.15, 0.2) is 0 Å². The molecule has 3 nitrogen and oxygen atoms in total. The Morgan fingerprint density at radius 2 is 1.73 bits per heavy atom. The van der Waals surface area contributed by atoms with Gasteiger partial charge in [-0.2, -0.15) is 0 Å². The Balaban J connectivity index is 4.25. The Bertz CT molecular complexity index is 150. The Kier molecular flexibility index (Phi) is 3.67. The summed E-state index contributed by atoms with van der Waals surface area (Å²) in [7, 11) is 0. The number of aliphatic hydroxyl groups excluding tert-OH is 1. The van der Waals surface area contributed by atoms with Gasteiger partial charge in [-0.25, -0.2) is 4.21 Å². The first-order valence-electron chi connectivity index (χ1n) is 3.54. The maximum Gasteiger partial charge on any atom is 0.158 e. The Hall–Kier alpha value is 0.0700. The van der Waals surface area contributed by atoms with Crippen molar-refractivity contribution < 1.29 is 13.9 Å². The minimum Gasteiger partial charge on any atom is -0.391 e. The first-order valence-corrected chi connectivity index (χ1v) is 4.71. The van der Waals surface area contributed by atoms with E-state index in [9.17, 15) is 9.32 Å². The van der Waals surface area contributed by atoms with Crippen LogP contribution in [0, 0.1) is 5.41 Å². The lowest BCUT2D eigenvalue weighted by atomic mass is 9.87. The molecule has 0 fully saturated rings. The average Bonchev–Trinajstić information content (AvgIpc) is 1.82. The second-order valence-corrected chi connectivity index (χ2v) is 5.09. The molecule has 0 aliphatic heterocycles. The lowest BCUT2D eigenvalue weighted by Gasteiger charge is -2.28. The lowest BCUT2D eigenvalue weighted by molar-refractivity contribution is 0.0623. The van der Waals surface area contributed by atoms with Crippen molar-refractivity contribution in [2.24, 2.45) is 5.41 Å². The molecule has 0 aromatic carbocycles. The third-order valence-corrected chi connectivity index (χ3v) is 2.54. The third kappa shape index (κ3) is 3.31. The van der Waals surface area contributed by atoms with Crippen LogP contribution >= 0.6 is 0 Å². The first-order chi connectivity index (χ1) is 4.76. The molecule has 0 aliphatic carbocycles. The summed E-state index contributed by atoms with van der Waals surface area (Å²) in [6.07, 6.45) is -0.742. The summed E-state index contributed by atoms with van der Waals surface area (Å²) in [6.45, 7) is 7.06. The summed E-state index contributed by atoms with van der Waals surface area (Å²) >= 11 is -1.94. The van der Waals surface area contributed by atoms with E-state index in [2.05, 4.69) is 0 Å². The van der Waals surface area contributed by atoms with Crippen molar-refractivity contribution in [2.45, 2.75) is 39.0 Å². The van der Waals surface area contributed by atoms with Gasteiger partial charge in [-0.15, -0.1) is 0 Å². The fourth-order valence-electron chi connectivity index (χ4n) is 0.814. The van der Waals surface area contributed by atoms with E-state index in [4.69, 9.17) is 4.55 Å². The minimum atomic E-state index is -1.94. The molecule has 0 aliphatic rings. The quantitative estimate of drug-likeness (QED) is 0.623. The molecule has 0 saturated carbocycles. The van der Waals surface area contributed by atoms with Gasteiger partial charge in [0.25, 0.3) is 0 Å². The molecule has 0 spiro atoms. The van der Waals surface area contributed by atoms with Crippen molar-refractivity contribution in [2.75, 3.05) is 0 Å². The van der Waals surface area contributed by atoms with E-state index in [1.54, 1.807) is 6.92 Å². The Morgan fingerprint density at radius 3 is 1.82 bits per heavy atom. The highest BCUT2D eigenvalue weighted by molar-refractivity contribution is 7.79. The Labute approximate surface area is 70.1 Å². The lowest BCUT2D eigenvalue weighted by Crippen LogP contribution is -2.38. The van der Waals surface area contributed by atoms with Gasteiger partial charge in [-0.3, -0.25) is 0 Å². The number of rotatable bonds is 2. The highest BCUT2D eigenvalue weighted by Crippen LogP contribution is 2.23. The van der Waals surface area contributed by atoms with Crippen LogP contribution in [0.5, 0.6) is 0 Å². The second kappa shape index (κ2) is 3.65. The van der Waals surface area contributed by atoms with Crippen molar-refractivity contribution >= 4 is 11.1 Å². The molecule has 3 atom stereocenters. The van der Waals surface area contributed by atoms with Crippen molar-refractivity contribution in [3.8, 4) is 0 Å². The smallest absolute Gasteiger partial charge is 0.158 e. The molecule has 0 aromatic heterocycles. The van der Waals surface area contributed by atoms with Crippen LogP contribution in [0.1, 0.15) is 27.7 Å². The summed E-state index contributed by atoms with van der Waals surface area (Å²) in [6, 6.07) is 0. The zero-order valence-electron chi connectivity index (χ0n) is 7.37. The van der Waals surface area contributed by atoms with E-state index >= 15 is 0 Å². The highest BCUT2D eigenvalue weighted by Gasteiger charge is 2.30. The summed E-state index contributed by atoms with van der Waals surface area (Å²) in [5, 5.41) is 8.88. The fourth-order valence-corrected chi connectivity index (χ4v) is 1.44. The molecule has 0 amide bonds. The van der Waals surface area contributed by atoms with E-state index in [1.165, 1.54) is 0 Å². The van der Waals surface area contributed by atoms with Gasteiger partial charge < -0.3 is 9.66 Å². The molecule has 0 rings (SSSR count). The zero-order valence-corrected chi connectivity index (χ0v) is 8.18. The fraction of sp³-hybridized carbons (Fsp3) is 1.00. The molecule has 2 N–H and O–H groups in total. The van der Waals surface area contributed by atoms with Crippen molar-refractivity contribution in [1.29, 1.82) is 0 Å². The second-order valence-electron chi connectivity index (χ2n) is 3.79. The largest absolute Gasteiger partial charge is 0.391 e. The van der Waals surface area contributed by atoms with Crippen LogP contribution in [-0.4, -0.2) is 25.2 Å². The van der Waals surface area contributed by atoms with Gasteiger partial charge in [0.2, 0.25) is 0 Å². The number of hydrogen-bond donors (Lipinski definition) is 2. The summed E-state index contributed by atoms with van der Waals surface area (Å²) < 4.78 is 19.2. The molecule has 68 valence electrons. The third-order valence-electron chi connectivity index (χ3n) is 1.65. The SMILES string of the molecule is C[C@@H]([C@@H](O)C(C)(C)C)S(=O)O. The van der Waals surface area contributed by atoms with Gasteiger partial charge in [0.1, 0.15) is 0 Å². The molecule has 1 unspecified atom stereocenters. The molecule has 11 heavy (non-hydrogen) atoms. The number of aliphatic hydroxyl groups is 1. The minimum absolute atomic E-state index is 0.336. The summed E-state index contributed by atoms with van der Waals surface area (Å²) in [5.74, 6) is 0. The van der Waals surface area contributed by atoms with Gasteiger partial charge in [-0.1, -0.05) is 20.8 Å². The van der Waals surface area contributed by atoms with Gasteiger partial charge >= 0.3 is 0 Å². The zero-order chi connectivity index (χ0) is 9.23. The van der Waals surface area contributed by atoms with Crippen LogP contribution < -0.4 is 0 Å². The van der Waals surface area contributed by atoms with Crippen LogP contribution in [-0.2, 0) is 11.1 Å². The van der Waals surface area contributed by atoms with Gasteiger partial charge in [0.15, 0.2) is 11.1 Å². The maximum atomic E-state index is 10.5. The van der Waals surface area contributed by atoms with Gasteiger partial charge in [0, 0.05) is 0 Å². The molecule has 4 heteroatoms. The van der Waals surface area contributed by atoms with E-state index in [-0.39, 0.29) is 5.41 Å². The predicted octanol–water partition coefficient (Wildman–Crippen LogP) is 1.00. The normalized spacial score (nSPS) is 20.9. The van der Waals surface area contributed by atoms with Crippen molar-refractivity contribution in [3.63, 3.8) is 0 Å². The van der Waals surface area contributed by atoms with Gasteiger partial charge in [-0.05, 0) is 12.3 Å². The van der Waals surface area contributed by atoms with E-state index in [1.807, 2.05) is 20.8 Å². The molecule has 0 saturated heterocycles. The van der Waals surface area contributed by atoms with Crippen molar-refractivity contribution in [1.82, 2.24) is 0 Å². The van der Waals surface area contributed by atoms with Crippen LogP contribution in [0.4, 0.5) is 0 Å². The summed E-state index contributed by atoms with van der Waals surface area (Å²) in [4.78, 5) is 0. The average molecular weight is 180 g/mol. The Morgan fingerprint density at radius 1 is 1.36 bits per heavy atom. The molecular weight excluding hydrogens is 164 g/mol. The van der Waals surface area contributed by atoms with E-state index in [0.29, 0.717) is 0 Å². The maximum absolute atomic E-state index is 10.5. The highest BCUT2D eigenvalue weighted by atomic mass is 32.2. The monoisotopic (exact) mass is 180 g/mol. The molecule has 0 radical (unpaired) electrons. The molecule has 0 aromatic rings. The van der Waals surface area contributed by atoms with E-state index < -0.39 is 22.4 Å². The number of hydrogen-bond acceptors (Lipinski definition) is 2. The van der Waals surface area contributed by atoms with Crippen molar-refractivity contribution in [3.05, 3.63) is 0 Å². The topological polar surface area (TPSA) is 57.5 Å². The van der Waals surface area contributed by atoms with Crippen LogP contribution in [0.25, 0.3) is 0 Å². The van der Waals surface area contributed by atoms with Crippen LogP contribution in [0.2, 0.25) is 0 Å². The summed E-state index contributed by atoms with van der Waals surface area (Å²) in [5.41, 5.74) is -0.336.